The number of hydrogen-bond acceptors (Lipinski definition) is 3. The second-order valence-corrected chi connectivity index (χ2v) is 5.59. The summed E-state index contributed by atoms with van der Waals surface area (Å²) in [4.78, 5) is 16.2. The van der Waals surface area contributed by atoms with Crippen molar-refractivity contribution >= 4 is 5.91 Å². The van der Waals surface area contributed by atoms with Gasteiger partial charge in [-0.05, 0) is 44.8 Å². The third-order valence-corrected chi connectivity index (χ3v) is 3.61. The van der Waals surface area contributed by atoms with Crippen LogP contribution in [0.3, 0.4) is 0 Å². The number of likely N-dealkylation sites (tertiary alicyclic amines) is 1. The molecule has 1 saturated heterocycles. The average Bonchev–Trinajstić information content (AvgIpc) is 2.28. The van der Waals surface area contributed by atoms with Crippen LogP contribution in [-0.2, 0) is 4.79 Å². The van der Waals surface area contributed by atoms with Crippen molar-refractivity contribution in [3.63, 3.8) is 0 Å². The first-order valence-corrected chi connectivity index (χ1v) is 6.65. The minimum absolute atomic E-state index is 0.233. The van der Waals surface area contributed by atoms with Crippen molar-refractivity contribution in [3.8, 4) is 0 Å². The normalized spacial score (nSPS) is 23.4. The lowest BCUT2D eigenvalue weighted by Crippen LogP contribution is -2.40. The van der Waals surface area contributed by atoms with Crippen LogP contribution in [0.1, 0.15) is 26.2 Å². The lowest BCUT2D eigenvalue weighted by atomic mass is 9.97. The molecule has 2 N–H and O–H groups in total. The molecule has 17 heavy (non-hydrogen) atoms. The third-order valence-electron chi connectivity index (χ3n) is 3.61. The van der Waals surface area contributed by atoms with Crippen LogP contribution in [0.15, 0.2) is 0 Å². The van der Waals surface area contributed by atoms with Gasteiger partial charge in [-0.15, -0.1) is 0 Å². The van der Waals surface area contributed by atoms with Gasteiger partial charge in [0, 0.05) is 26.6 Å². The van der Waals surface area contributed by atoms with Crippen molar-refractivity contribution in [1.29, 1.82) is 0 Å². The van der Waals surface area contributed by atoms with Gasteiger partial charge in [-0.3, -0.25) is 4.79 Å². The van der Waals surface area contributed by atoms with E-state index in [1.807, 2.05) is 18.9 Å². The zero-order valence-electron chi connectivity index (χ0n) is 11.5. The van der Waals surface area contributed by atoms with Gasteiger partial charge < -0.3 is 15.5 Å². The van der Waals surface area contributed by atoms with Crippen LogP contribution in [-0.4, -0.2) is 56.0 Å². The molecule has 2 atom stereocenters. The van der Waals surface area contributed by atoms with Gasteiger partial charge >= 0.3 is 0 Å². The number of carbonyl (C=O) groups excluding carboxylic acids is 1. The van der Waals surface area contributed by atoms with Crippen LogP contribution in [0.2, 0.25) is 0 Å². The molecule has 0 saturated carbocycles. The van der Waals surface area contributed by atoms with Crippen LogP contribution >= 0.6 is 0 Å². The van der Waals surface area contributed by atoms with E-state index in [1.54, 1.807) is 0 Å². The second kappa shape index (κ2) is 6.97. The third kappa shape index (κ3) is 5.04. The Balaban J connectivity index is 2.32. The van der Waals surface area contributed by atoms with E-state index in [1.165, 1.54) is 19.4 Å². The molecule has 0 bridgehead atoms. The van der Waals surface area contributed by atoms with E-state index in [-0.39, 0.29) is 5.91 Å². The molecular weight excluding hydrogens is 214 g/mol. The smallest absolute Gasteiger partial charge is 0.222 e. The summed E-state index contributed by atoms with van der Waals surface area (Å²) in [5.41, 5.74) is 5.55. The second-order valence-electron chi connectivity index (χ2n) is 5.59. The first-order chi connectivity index (χ1) is 8.02. The van der Waals surface area contributed by atoms with Crippen LogP contribution < -0.4 is 5.73 Å². The Hall–Kier alpha value is -0.610. The minimum Gasteiger partial charge on any atom is -0.345 e. The summed E-state index contributed by atoms with van der Waals surface area (Å²) in [6.07, 6.45) is 3.08. The van der Waals surface area contributed by atoms with Gasteiger partial charge in [-0.2, -0.15) is 0 Å². The quantitative estimate of drug-likeness (QED) is 0.773. The van der Waals surface area contributed by atoms with Crippen LogP contribution in [0.5, 0.6) is 0 Å². The van der Waals surface area contributed by atoms with Crippen molar-refractivity contribution in [1.82, 2.24) is 9.80 Å². The molecule has 2 unspecified atom stereocenters. The fourth-order valence-electron chi connectivity index (χ4n) is 2.45. The molecule has 4 heteroatoms. The Kier molecular flexibility index (Phi) is 5.92. The largest absolute Gasteiger partial charge is 0.345 e. The number of rotatable bonds is 5. The van der Waals surface area contributed by atoms with Crippen molar-refractivity contribution in [2.45, 2.75) is 26.2 Å². The average molecular weight is 241 g/mol. The number of carbonyl (C=O) groups is 1. The highest BCUT2D eigenvalue weighted by molar-refractivity contribution is 5.76. The molecule has 1 heterocycles. The molecule has 1 rings (SSSR count). The minimum atomic E-state index is 0.233. The summed E-state index contributed by atoms with van der Waals surface area (Å²) < 4.78 is 0. The molecule has 0 aromatic carbocycles. The highest BCUT2D eigenvalue weighted by Gasteiger charge is 2.21. The zero-order valence-corrected chi connectivity index (χ0v) is 11.5. The SMILES string of the molecule is CC(CN)CC(=O)N(C)CC1CCCN(C)C1. The highest BCUT2D eigenvalue weighted by Crippen LogP contribution is 2.16. The molecule has 1 fully saturated rings. The van der Waals surface area contributed by atoms with Crippen LogP contribution in [0.4, 0.5) is 0 Å². The summed E-state index contributed by atoms with van der Waals surface area (Å²) in [5.74, 6) is 1.16. The van der Waals surface area contributed by atoms with Crippen molar-refractivity contribution in [2.24, 2.45) is 17.6 Å². The van der Waals surface area contributed by atoms with Gasteiger partial charge in [-0.25, -0.2) is 0 Å². The standard InChI is InChI=1S/C13H27N3O/c1-11(8-14)7-13(17)16(3)10-12-5-4-6-15(2)9-12/h11-12H,4-10,14H2,1-3H3. The lowest BCUT2D eigenvalue weighted by molar-refractivity contribution is -0.131. The molecule has 1 aliphatic heterocycles. The van der Waals surface area contributed by atoms with Crippen molar-refractivity contribution < 1.29 is 4.79 Å². The van der Waals surface area contributed by atoms with Gasteiger partial charge in [0.2, 0.25) is 5.91 Å². The summed E-state index contributed by atoms with van der Waals surface area (Å²) in [6.45, 7) is 5.81. The van der Waals surface area contributed by atoms with Gasteiger partial charge in [0.1, 0.15) is 0 Å². The predicted octanol–water partition coefficient (Wildman–Crippen LogP) is 0.772. The summed E-state index contributed by atoms with van der Waals surface area (Å²) in [7, 11) is 4.07. The van der Waals surface area contributed by atoms with E-state index in [4.69, 9.17) is 5.73 Å². The first-order valence-electron chi connectivity index (χ1n) is 6.65. The first kappa shape index (κ1) is 14.5. The van der Waals surface area contributed by atoms with Gasteiger partial charge in [-0.1, -0.05) is 6.92 Å². The van der Waals surface area contributed by atoms with E-state index < -0.39 is 0 Å². The monoisotopic (exact) mass is 241 g/mol. The van der Waals surface area contributed by atoms with E-state index in [0.717, 1.165) is 13.1 Å². The molecule has 1 aliphatic rings. The van der Waals surface area contributed by atoms with Crippen molar-refractivity contribution in [3.05, 3.63) is 0 Å². The number of nitrogens with two attached hydrogens (primary N) is 1. The topological polar surface area (TPSA) is 49.6 Å². The Morgan fingerprint density at radius 2 is 2.29 bits per heavy atom. The highest BCUT2D eigenvalue weighted by atomic mass is 16.2. The van der Waals surface area contributed by atoms with E-state index in [9.17, 15) is 4.79 Å². The number of piperidine rings is 1. The predicted molar refractivity (Wildman–Crippen MR) is 70.7 cm³/mol. The Bertz CT molecular complexity index is 245. The lowest BCUT2D eigenvalue weighted by Gasteiger charge is -2.32. The number of amides is 1. The fourth-order valence-corrected chi connectivity index (χ4v) is 2.45. The maximum Gasteiger partial charge on any atom is 0.222 e. The van der Waals surface area contributed by atoms with Gasteiger partial charge in [0.15, 0.2) is 0 Å². The fraction of sp³-hybridized carbons (Fsp3) is 0.923. The summed E-state index contributed by atoms with van der Waals surface area (Å²) in [6, 6.07) is 0. The molecule has 0 radical (unpaired) electrons. The molecular formula is C13H27N3O. The Labute approximate surface area is 105 Å². The molecule has 0 aromatic heterocycles. The van der Waals surface area contributed by atoms with Crippen LogP contribution in [0.25, 0.3) is 0 Å². The van der Waals surface area contributed by atoms with Crippen LogP contribution in [0, 0.1) is 11.8 Å². The molecule has 0 spiro atoms. The van der Waals surface area contributed by atoms with Gasteiger partial charge in [0.25, 0.3) is 0 Å². The van der Waals surface area contributed by atoms with E-state index in [0.29, 0.717) is 24.8 Å². The summed E-state index contributed by atoms with van der Waals surface area (Å²) >= 11 is 0. The Morgan fingerprint density at radius 3 is 2.88 bits per heavy atom. The number of hydrogen-bond donors (Lipinski definition) is 1. The molecule has 1 amide bonds. The maximum atomic E-state index is 11.9. The molecule has 0 aromatic rings. The maximum absolute atomic E-state index is 11.9. The molecule has 100 valence electrons. The van der Waals surface area contributed by atoms with Gasteiger partial charge in [0.05, 0.1) is 0 Å². The van der Waals surface area contributed by atoms with Crippen molar-refractivity contribution in [2.75, 3.05) is 40.3 Å². The van der Waals surface area contributed by atoms with E-state index >= 15 is 0 Å². The zero-order chi connectivity index (χ0) is 12.8. The van der Waals surface area contributed by atoms with E-state index in [2.05, 4.69) is 11.9 Å². The molecule has 0 aliphatic carbocycles. The molecule has 4 nitrogen and oxygen atoms in total. The summed E-state index contributed by atoms with van der Waals surface area (Å²) in [5, 5.41) is 0. The Morgan fingerprint density at radius 1 is 1.59 bits per heavy atom. The number of nitrogens with zero attached hydrogens (tertiary/aromatic N) is 2.